The van der Waals surface area contributed by atoms with Gasteiger partial charge < -0.3 is 15.4 Å². The van der Waals surface area contributed by atoms with Crippen LogP contribution in [0.5, 0.6) is 0 Å². The molecule has 5 heteroatoms. The highest BCUT2D eigenvalue weighted by Crippen LogP contribution is 2.26. The quantitative estimate of drug-likeness (QED) is 0.271. The maximum absolute atomic E-state index is 12.8. The van der Waals surface area contributed by atoms with Crippen LogP contribution in [-0.2, 0) is 9.53 Å². The third kappa shape index (κ3) is 5.28. The van der Waals surface area contributed by atoms with Crippen molar-refractivity contribution in [1.29, 1.82) is 0 Å². The molecule has 0 aliphatic carbocycles. The standard InChI is InChI=1S/C28H24N2O3/c1-19(21-13-12-20-8-6-7-9-22(20)17-21)16-27(31)30-26-18-24(14-15-25(26)28(32)33-2)29-23-10-4-3-5-11-23/h3-18,29H,1-2H3,(H,30,31)/b19-16-. The lowest BCUT2D eigenvalue weighted by Gasteiger charge is -2.13. The number of ether oxygens (including phenoxy) is 1. The van der Waals surface area contributed by atoms with Gasteiger partial charge in [0, 0.05) is 17.5 Å². The van der Waals surface area contributed by atoms with Crippen LogP contribution < -0.4 is 10.6 Å². The van der Waals surface area contributed by atoms with Crippen LogP contribution in [0.2, 0.25) is 0 Å². The Morgan fingerprint density at radius 3 is 2.27 bits per heavy atom. The van der Waals surface area contributed by atoms with E-state index in [2.05, 4.69) is 22.8 Å². The molecule has 0 spiro atoms. The van der Waals surface area contributed by atoms with Crippen LogP contribution in [0.4, 0.5) is 17.1 Å². The molecule has 0 saturated heterocycles. The number of esters is 1. The fraction of sp³-hybridized carbons (Fsp3) is 0.0714. The van der Waals surface area contributed by atoms with Crippen molar-refractivity contribution in [3.63, 3.8) is 0 Å². The number of carbonyl (C=O) groups excluding carboxylic acids is 2. The Labute approximate surface area is 192 Å². The summed E-state index contributed by atoms with van der Waals surface area (Å²) in [4.78, 5) is 25.1. The number of para-hydroxylation sites is 1. The van der Waals surface area contributed by atoms with Crippen molar-refractivity contribution >= 4 is 45.3 Å². The minimum atomic E-state index is -0.521. The predicted octanol–water partition coefficient (Wildman–Crippen LogP) is 6.41. The van der Waals surface area contributed by atoms with Gasteiger partial charge in [-0.3, -0.25) is 4.79 Å². The number of allylic oxidation sites excluding steroid dienone is 1. The average Bonchev–Trinajstić information content (AvgIpc) is 2.84. The Morgan fingerprint density at radius 1 is 0.788 bits per heavy atom. The SMILES string of the molecule is COC(=O)c1ccc(Nc2ccccc2)cc1NC(=O)/C=C(/C)c1ccc2ccccc2c1. The lowest BCUT2D eigenvalue weighted by Crippen LogP contribution is -2.13. The first-order chi connectivity index (χ1) is 16.0. The molecule has 0 aromatic heterocycles. The summed E-state index contributed by atoms with van der Waals surface area (Å²) >= 11 is 0. The average molecular weight is 437 g/mol. The zero-order valence-corrected chi connectivity index (χ0v) is 18.5. The number of methoxy groups -OCH3 is 1. The summed E-state index contributed by atoms with van der Waals surface area (Å²) in [5.74, 6) is -0.852. The van der Waals surface area contributed by atoms with Gasteiger partial charge in [-0.2, -0.15) is 0 Å². The molecular weight excluding hydrogens is 412 g/mol. The highest BCUT2D eigenvalue weighted by atomic mass is 16.5. The highest BCUT2D eigenvalue weighted by Gasteiger charge is 2.15. The molecule has 0 unspecified atom stereocenters. The van der Waals surface area contributed by atoms with Crippen molar-refractivity contribution in [2.75, 3.05) is 17.7 Å². The molecule has 0 saturated carbocycles. The van der Waals surface area contributed by atoms with Gasteiger partial charge in [0.1, 0.15) is 0 Å². The molecule has 33 heavy (non-hydrogen) atoms. The van der Waals surface area contributed by atoms with E-state index in [0.717, 1.165) is 33.3 Å². The molecule has 1 amide bonds. The van der Waals surface area contributed by atoms with E-state index in [1.54, 1.807) is 18.2 Å². The molecular formula is C28H24N2O3. The molecule has 0 radical (unpaired) electrons. The highest BCUT2D eigenvalue weighted by molar-refractivity contribution is 6.08. The van der Waals surface area contributed by atoms with E-state index < -0.39 is 5.97 Å². The molecule has 0 atom stereocenters. The zero-order chi connectivity index (χ0) is 23.2. The van der Waals surface area contributed by atoms with Crippen LogP contribution in [0.3, 0.4) is 0 Å². The lowest BCUT2D eigenvalue weighted by atomic mass is 10.0. The van der Waals surface area contributed by atoms with Gasteiger partial charge in [0.05, 0.1) is 18.4 Å². The summed E-state index contributed by atoms with van der Waals surface area (Å²) in [5.41, 5.74) is 4.05. The minimum absolute atomic E-state index is 0.279. The fourth-order valence-electron chi connectivity index (χ4n) is 3.58. The third-order valence-corrected chi connectivity index (χ3v) is 5.30. The van der Waals surface area contributed by atoms with Crippen molar-refractivity contribution in [2.45, 2.75) is 6.92 Å². The van der Waals surface area contributed by atoms with E-state index in [-0.39, 0.29) is 11.5 Å². The second-order valence-corrected chi connectivity index (χ2v) is 7.62. The molecule has 4 aromatic carbocycles. The number of hydrogen-bond acceptors (Lipinski definition) is 4. The fourth-order valence-corrected chi connectivity index (χ4v) is 3.58. The van der Waals surface area contributed by atoms with Gasteiger partial charge in [-0.05, 0) is 65.2 Å². The minimum Gasteiger partial charge on any atom is -0.465 e. The lowest BCUT2D eigenvalue weighted by molar-refractivity contribution is -0.111. The Morgan fingerprint density at radius 2 is 1.52 bits per heavy atom. The molecule has 0 aliphatic heterocycles. The maximum Gasteiger partial charge on any atom is 0.339 e. The smallest absolute Gasteiger partial charge is 0.339 e. The number of amides is 1. The summed E-state index contributed by atoms with van der Waals surface area (Å²) in [6.07, 6.45) is 1.53. The Bertz CT molecular complexity index is 1340. The molecule has 5 nitrogen and oxygen atoms in total. The Hall–Kier alpha value is -4.38. The van der Waals surface area contributed by atoms with Crippen molar-refractivity contribution in [1.82, 2.24) is 0 Å². The normalized spacial score (nSPS) is 11.2. The van der Waals surface area contributed by atoms with Gasteiger partial charge in [-0.15, -0.1) is 0 Å². The van der Waals surface area contributed by atoms with Gasteiger partial charge in [0.2, 0.25) is 5.91 Å². The second kappa shape index (κ2) is 9.83. The molecule has 4 aromatic rings. The third-order valence-electron chi connectivity index (χ3n) is 5.30. The number of benzene rings is 4. The number of anilines is 3. The predicted molar refractivity (Wildman–Crippen MR) is 134 cm³/mol. The van der Waals surface area contributed by atoms with Gasteiger partial charge in [-0.25, -0.2) is 4.79 Å². The topological polar surface area (TPSA) is 67.4 Å². The first-order valence-electron chi connectivity index (χ1n) is 10.6. The van der Waals surface area contributed by atoms with Gasteiger partial charge in [-0.1, -0.05) is 54.6 Å². The van der Waals surface area contributed by atoms with Crippen LogP contribution in [0.1, 0.15) is 22.8 Å². The van der Waals surface area contributed by atoms with E-state index in [4.69, 9.17) is 4.74 Å². The van der Waals surface area contributed by atoms with E-state index in [1.807, 2.05) is 67.6 Å². The van der Waals surface area contributed by atoms with Gasteiger partial charge >= 0.3 is 5.97 Å². The number of nitrogens with one attached hydrogen (secondary N) is 2. The number of fused-ring (bicyclic) bond motifs is 1. The zero-order valence-electron chi connectivity index (χ0n) is 18.5. The molecule has 2 N–H and O–H groups in total. The molecule has 0 bridgehead atoms. The summed E-state index contributed by atoms with van der Waals surface area (Å²) in [6.45, 7) is 1.89. The number of rotatable bonds is 6. The second-order valence-electron chi connectivity index (χ2n) is 7.62. The van der Waals surface area contributed by atoms with Gasteiger partial charge in [0.25, 0.3) is 0 Å². The summed E-state index contributed by atoms with van der Waals surface area (Å²) in [7, 11) is 1.31. The van der Waals surface area contributed by atoms with E-state index in [1.165, 1.54) is 13.2 Å². The van der Waals surface area contributed by atoms with E-state index >= 15 is 0 Å². The van der Waals surface area contributed by atoms with Crippen LogP contribution in [0.25, 0.3) is 16.3 Å². The molecule has 0 aliphatic rings. The van der Waals surface area contributed by atoms with Crippen LogP contribution >= 0.6 is 0 Å². The molecule has 164 valence electrons. The largest absolute Gasteiger partial charge is 0.465 e. The monoisotopic (exact) mass is 436 g/mol. The van der Waals surface area contributed by atoms with Crippen molar-refractivity contribution in [3.8, 4) is 0 Å². The van der Waals surface area contributed by atoms with Gasteiger partial charge in [0.15, 0.2) is 0 Å². The van der Waals surface area contributed by atoms with Crippen molar-refractivity contribution < 1.29 is 14.3 Å². The summed E-state index contributed by atoms with van der Waals surface area (Å²) < 4.78 is 4.88. The van der Waals surface area contributed by atoms with Crippen molar-refractivity contribution in [3.05, 3.63) is 108 Å². The summed E-state index contributed by atoms with van der Waals surface area (Å²) in [6, 6.07) is 28.9. The Kier molecular flexibility index (Phi) is 6.51. The van der Waals surface area contributed by atoms with Crippen LogP contribution in [0, 0.1) is 0 Å². The first kappa shape index (κ1) is 21.8. The molecule has 4 rings (SSSR count). The Balaban J connectivity index is 1.59. The first-order valence-corrected chi connectivity index (χ1v) is 10.6. The summed E-state index contributed by atoms with van der Waals surface area (Å²) in [5, 5.41) is 8.35. The maximum atomic E-state index is 12.8. The number of carbonyl (C=O) groups is 2. The van der Waals surface area contributed by atoms with E-state index in [9.17, 15) is 9.59 Å². The van der Waals surface area contributed by atoms with E-state index in [0.29, 0.717) is 5.69 Å². The molecule has 0 heterocycles. The van der Waals surface area contributed by atoms with Crippen molar-refractivity contribution in [2.24, 2.45) is 0 Å². The van der Waals surface area contributed by atoms with Crippen LogP contribution in [0.15, 0.2) is 97.1 Å². The number of hydrogen-bond donors (Lipinski definition) is 2. The van der Waals surface area contributed by atoms with Crippen LogP contribution in [-0.4, -0.2) is 19.0 Å². The molecule has 0 fully saturated rings.